The summed E-state index contributed by atoms with van der Waals surface area (Å²) in [6, 6.07) is 4.34. The Hall–Kier alpha value is -2.64. The number of anilines is 1. The molecule has 0 spiro atoms. The van der Waals surface area contributed by atoms with E-state index < -0.39 is 17.5 Å². The predicted octanol–water partition coefficient (Wildman–Crippen LogP) is 2.66. The average Bonchev–Trinajstić information content (AvgIpc) is 3.18. The predicted molar refractivity (Wildman–Crippen MR) is 97.3 cm³/mol. The van der Waals surface area contributed by atoms with Gasteiger partial charge in [-0.15, -0.1) is 0 Å². The van der Waals surface area contributed by atoms with Gasteiger partial charge in [-0.3, -0.25) is 14.9 Å². The Morgan fingerprint density at radius 3 is 2.50 bits per heavy atom. The Kier molecular flexibility index (Phi) is 6.94. The van der Waals surface area contributed by atoms with Crippen molar-refractivity contribution < 1.29 is 19.2 Å². The number of hydrogen-bond donors (Lipinski definition) is 1. The molecule has 1 saturated heterocycles. The van der Waals surface area contributed by atoms with E-state index in [0.29, 0.717) is 5.69 Å². The highest BCUT2D eigenvalue weighted by Gasteiger charge is 2.24. The molecular weight excluding hydrogens is 338 g/mol. The summed E-state index contributed by atoms with van der Waals surface area (Å²) in [5.74, 6) is -1.13. The first-order valence-electron chi connectivity index (χ1n) is 8.96. The molecule has 8 nitrogen and oxygen atoms in total. The molecular formula is C18H25N3O5. The summed E-state index contributed by atoms with van der Waals surface area (Å²) in [5, 5.41) is 14.1. The van der Waals surface area contributed by atoms with Crippen molar-refractivity contribution >= 4 is 23.3 Å². The van der Waals surface area contributed by atoms with Gasteiger partial charge in [-0.1, -0.05) is 13.8 Å². The minimum atomic E-state index is -0.749. The second-order valence-corrected chi connectivity index (χ2v) is 6.31. The first-order valence-corrected chi connectivity index (χ1v) is 8.96. The minimum Gasteiger partial charge on any atom is -0.452 e. The number of rotatable bonds is 8. The Morgan fingerprint density at radius 1 is 1.27 bits per heavy atom. The summed E-state index contributed by atoms with van der Waals surface area (Å²) in [4.78, 5) is 36.8. The van der Waals surface area contributed by atoms with Gasteiger partial charge < -0.3 is 15.0 Å². The smallest absolute Gasteiger partial charge is 0.338 e. The number of ether oxygens (including phenoxy) is 1. The third-order valence-corrected chi connectivity index (χ3v) is 4.54. The number of esters is 1. The number of amides is 1. The van der Waals surface area contributed by atoms with Gasteiger partial charge in [0.05, 0.1) is 10.5 Å². The fourth-order valence-electron chi connectivity index (χ4n) is 3.00. The van der Waals surface area contributed by atoms with Crippen molar-refractivity contribution in [3.05, 3.63) is 33.9 Å². The molecule has 142 valence electrons. The molecule has 1 aromatic rings. The van der Waals surface area contributed by atoms with E-state index in [9.17, 15) is 19.7 Å². The van der Waals surface area contributed by atoms with Crippen LogP contribution < -0.4 is 10.2 Å². The zero-order valence-electron chi connectivity index (χ0n) is 15.2. The largest absolute Gasteiger partial charge is 0.452 e. The van der Waals surface area contributed by atoms with Crippen molar-refractivity contribution in [2.45, 2.75) is 45.6 Å². The lowest BCUT2D eigenvalue weighted by molar-refractivity contribution is -0.384. The van der Waals surface area contributed by atoms with Crippen molar-refractivity contribution in [1.82, 2.24) is 5.32 Å². The molecule has 0 atom stereocenters. The molecule has 1 aliphatic rings. The second-order valence-electron chi connectivity index (χ2n) is 6.31. The molecule has 1 fully saturated rings. The van der Waals surface area contributed by atoms with Gasteiger partial charge in [0.25, 0.3) is 11.6 Å². The van der Waals surface area contributed by atoms with Gasteiger partial charge in [0.1, 0.15) is 5.69 Å². The van der Waals surface area contributed by atoms with Gasteiger partial charge in [-0.25, -0.2) is 4.79 Å². The minimum absolute atomic E-state index is 0.0436. The molecule has 1 heterocycles. The van der Waals surface area contributed by atoms with Crippen LogP contribution in [0.25, 0.3) is 0 Å². The van der Waals surface area contributed by atoms with Crippen molar-refractivity contribution in [3.8, 4) is 0 Å². The number of carbonyl (C=O) groups is 2. The quantitative estimate of drug-likeness (QED) is 0.433. The van der Waals surface area contributed by atoms with Crippen LogP contribution in [0.3, 0.4) is 0 Å². The van der Waals surface area contributed by atoms with Gasteiger partial charge in [0, 0.05) is 25.2 Å². The van der Waals surface area contributed by atoms with Gasteiger partial charge in [0.2, 0.25) is 0 Å². The second kappa shape index (κ2) is 9.17. The zero-order chi connectivity index (χ0) is 19.1. The van der Waals surface area contributed by atoms with E-state index in [1.807, 2.05) is 18.7 Å². The van der Waals surface area contributed by atoms with Gasteiger partial charge >= 0.3 is 5.97 Å². The van der Waals surface area contributed by atoms with Crippen molar-refractivity contribution in [2.24, 2.45) is 0 Å². The first-order chi connectivity index (χ1) is 12.5. The average molecular weight is 363 g/mol. The van der Waals surface area contributed by atoms with E-state index in [1.54, 1.807) is 6.07 Å². The molecule has 0 aromatic heterocycles. The van der Waals surface area contributed by atoms with Crippen LogP contribution in [0.2, 0.25) is 0 Å². The van der Waals surface area contributed by atoms with Gasteiger partial charge in [-0.2, -0.15) is 0 Å². The van der Waals surface area contributed by atoms with Crippen molar-refractivity contribution in [3.63, 3.8) is 0 Å². The van der Waals surface area contributed by atoms with E-state index in [2.05, 4.69) is 5.32 Å². The van der Waals surface area contributed by atoms with E-state index in [1.165, 1.54) is 12.1 Å². The number of benzene rings is 1. The third-order valence-electron chi connectivity index (χ3n) is 4.54. The van der Waals surface area contributed by atoms with Gasteiger partial charge in [0.15, 0.2) is 6.61 Å². The number of carbonyl (C=O) groups excluding carboxylic acids is 2. The lowest BCUT2D eigenvalue weighted by Gasteiger charge is -2.18. The molecule has 1 aliphatic heterocycles. The number of nitro groups is 1. The van der Waals surface area contributed by atoms with E-state index in [0.717, 1.165) is 38.8 Å². The molecule has 1 aromatic carbocycles. The first kappa shape index (κ1) is 19.7. The number of nitro benzene ring substituents is 1. The molecule has 0 unspecified atom stereocenters. The highest BCUT2D eigenvalue weighted by atomic mass is 16.6. The Balaban J connectivity index is 2.03. The van der Waals surface area contributed by atoms with Crippen LogP contribution >= 0.6 is 0 Å². The van der Waals surface area contributed by atoms with E-state index in [-0.39, 0.29) is 23.2 Å². The van der Waals surface area contributed by atoms with Crippen LogP contribution in [-0.2, 0) is 9.53 Å². The Bertz CT molecular complexity index is 667. The maximum atomic E-state index is 12.1. The van der Waals surface area contributed by atoms with E-state index in [4.69, 9.17) is 4.74 Å². The molecule has 0 radical (unpaired) electrons. The normalized spacial score (nSPS) is 13.7. The van der Waals surface area contributed by atoms with Gasteiger partial charge in [-0.05, 0) is 37.8 Å². The van der Waals surface area contributed by atoms with Crippen LogP contribution in [0.4, 0.5) is 11.4 Å². The summed E-state index contributed by atoms with van der Waals surface area (Å²) in [6.07, 6.45) is 3.57. The number of hydrogen-bond acceptors (Lipinski definition) is 6. The van der Waals surface area contributed by atoms with Crippen LogP contribution in [0.15, 0.2) is 18.2 Å². The summed E-state index contributed by atoms with van der Waals surface area (Å²) < 4.78 is 4.99. The third kappa shape index (κ3) is 4.93. The number of nitrogens with zero attached hydrogens (tertiary/aromatic N) is 2. The van der Waals surface area contributed by atoms with E-state index >= 15 is 0 Å². The summed E-state index contributed by atoms with van der Waals surface area (Å²) in [6.45, 7) is 5.04. The molecule has 26 heavy (non-hydrogen) atoms. The molecule has 8 heteroatoms. The fourth-order valence-corrected chi connectivity index (χ4v) is 3.00. The number of nitrogens with one attached hydrogen (secondary N) is 1. The molecule has 2 rings (SSSR count). The maximum absolute atomic E-state index is 12.1. The van der Waals surface area contributed by atoms with Crippen LogP contribution in [-0.4, -0.2) is 42.5 Å². The van der Waals surface area contributed by atoms with Crippen molar-refractivity contribution in [1.29, 1.82) is 0 Å². The van der Waals surface area contributed by atoms with Crippen molar-refractivity contribution in [2.75, 3.05) is 24.6 Å². The molecule has 0 saturated carbocycles. The molecule has 0 bridgehead atoms. The topological polar surface area (TPSA) is 102 Å². The highest BCUT2D eigenvalue weighted by Crippen LogP contribution is 2.31. The summed E-state index contributed by atoms with van der Waals surface area (Å²) >= 11 is 0. The summed E-state index contributed by atoms with van der Waals surface area (Å²) in [7, 11) is 0. The van der Waals surface area contributed by atoms with Crippen LogP contribution in [0, 0.1) is 10.1 Å². The standard InChI is InChI=1S/C18H25N3O5/c1-3-14(4-2)19-17(22)12-26-18(23)13-7-8-15(16(11-13)21(24)25)20-9-5-6-10-20/h7-8,11,14H,3-6,9-10,12H2,1-2H3,(H,19,22). The van der Waals surface area contributed by atoms with Crippen LogP contribution in [0.5, 0.6) is 0 Å². The monoisotopic (exact) mass is 363 g/mol. The lowest BCUT2D eigenvalue weighted by Crippen LogP contribution is -2.36. The maximum Gasteiger partial charge on any atom is 0.338 e. The molecule has 1 N–H and O–H groups in total. The lowest BCUT2D eigenvalue weighted by atomic mass is 10.1. The Morgan fingerprint density at radius 2 is 1.92 bits per heavy atom. The Labute approximate surface area is 152 Å². The molecule has 1 amide bonds. The summed E-state index contributed by atoms with van der Waals surface area (Å²) in [5.41, 5.74) is 0.452. The zero-order valence-corrected chi connectivity index (χ0v) is 15.2. The highest BCUT2D eigenvalue weighted by molar-refractivity contribution is 5.93. The fraction of sp³-hybridized carbons (Fsp3) is 0.556. The molecule has 0 aliphatic carbocycles. The van der Waals surface area contributed by atoms with Crippen LogP contribution in [0.1, 0.15) is 49.9 Å². The SMILES string of the molecule is CCC(CC)NC(=O)COC(=O)c1ccc(N2CCCC2)c([N+](=O)[O-])c1.